The van der Waals surface area contributed by atoms with Crippen molar-refractivity contribution in [2.24, 2.45) is 0 Å². The molecular formula is C14H16OS. The van der Waals surface area contributed by atoms with Crippen molar-refractivity contribution in [1.82, 2.24) is 0 Å². The van der Waals surface area contributed by atoms with Crippen LogP contribution in [0.2, 0.25) is 0 Å². The van der Waals surface area contributed by atoms with Crippen LogP contribution in [0.25, 0.3) is 0 Å². The molecule has 0 spiro atoms. The normalized spacial score (nSPS) is 14.7. The lowest BCUT2D eigenvalue weighted by Gasteiger charge is -2.25. The molecule has 2 aromatic rings. The van der Waals surface area contributed by atoms with Crippen molar-refractivity contribution in [1.29, 1.82) is 0 Å². The van der Waals surface area contributed by atoms with Crippen LogP contribution in [-0.2, 0) is 12.0 Å². The monoisotopic (exact) mass is 232 g/mol. The van der Waals surface area contributed by atoms with Crippen molar-refractivity contribution >= 4 is 11.3 Å². The number of hydrogen-bond donors (Lipinski definition) is 1. The molecule has 1 N–H and O–H groups in total. The van der Waals surface area contributed by atoms with Gasteiger partial charge in [0.1, 0.15) is 0 Å². The fourth-order valence-corrected chi connectivity index (χ4v) is 2.73. The summed E-state index contributed by atoms with van der Waals surface area (Å²) in [4.78, 5) is 0. The molecular weight excluding hydrogens is 216 g/mol. The minimum Gasteiger partial charge on any atom is -0.385 e. The lowest BCUT2D eigenvalue weighted by atomic mass is 9.87. The van der Waals surface area contributed by atoms with E-state index in [4.69, 9.17) is 0 Å². The van der Waals surface area contributed by atoms with Gasteiger partial charge in [-0.25, -0.2) is 0 Å². The number of rotatable bonds is 3. The Balaban J connectivity index is 2.28. The van der Waals surface area contributed by atoms with Gasteiger partial charge >= 0.3 is 0 Å². The van der Waals surface area contributed by atoms with Crippen molar-refractivity contribution < 1.29 is 5.11 Å². The van der Waals surface area contributed by atoms with Crippen molar-refractivity contribution in [3.8, 4) is 0 Å². The van der Waals surface area contributed by atoms with Crippen LogP contribution < -0.4 is 0 Å². The second kappa shape index (κ2) is 4.40. The number of benzene rings is 1. The number of hydrogen-bond acceptors (Lipinski definition) is 2. The molecule has 16 heavy (non-hydrogen) atoms. The van der Waals surface area contributed by atoms with Gasteiger partial charge in [0.05, 0.1) is 5.60 Å². The first-order chi connectivity index (χ1) is 7.59. The second-order valence-corrected chi connectivity index (χ2v) is 5.18. The van der Waals surface area contributed by atoms with Crippen LogP contribution in [-0.4, -0.2) is 5.11 Å². The van der Waals surface area contributed by atoms with E-state index in [9.17, 15) is 5.11 Å². The van der Waals surface area contributed by atoms with Gasteiger partial charge in [-0.3, -0.25) is 0 Å². The Labute approximate surface area is 100 Å². The topological polar surface area (TPSA) is 20.2 Å². The van der Waals surface area contributed by atoms with E-state index in [0.29, 0.717) is 6.42 Å². The molecule has 0 aliphatic carbocycles. The Hall–Kier alpha value is -1.12. The van der Waals surface area contributed by atoms with E-state index >= 15 is 0 Å². The Morgan fingerprint density at radius 1 is 1.25 bits per heavy atom. The highest BCUT2D eigenvalue weighted by Crippen LogP contribution is 2.28. The lowest BCUT2D eigenvalue weighted by Crippen LogP contribution is -2.25. The zero-order chi connectivity index (χ0) is 11.6. The highest BCUT2D eigenvalue weighted by Gasteiger charge is 2.24. The molecule has 0 saturated heterocycles. The van der Waals surface area contributed by atoms with Crippen LogP contribution >= 0.6 is 11.3 Å². The second-order valence-electron chi connectivity index (χ2n) is 4.40. The first kappa shape index (κ1) is 11.4. The van der Waals surface area contributed by atoms with E-state index < -0.39 is 5.60 Å². The van der Waals surface area contributed by atoms with Crippen molar-refractivity contribution in [3.63, 3.8) is 0 Å². The molecule has 0 fully saturated rings. The van der Waals surface area contributed by atoms with Crippen LogP contribution in [0.1, 0.15) is 23.6 Å². The number of thiophene rings is 1. The predicted octanol–water partition coefficient (Wildman–Crippen LogP) is 3.51. The maximum Gasteiger partial charge on any atom is 0.0911 e. The average molecular weight is 232 g/mol. The molecule has 2 rings (SSSR count). The fraction of sp³-hybridized carbons (Fsp3) is 0.286. The van der Waals surface area contributed by atoms with Crippen LogP contribution in [0.15, 0.2) is 41.1 Å². The Kier molecular flexibility index (Phi) is 3.13. The minimum absolute atomic E-state index is 0.668. The van der Waals surface area contributed by atoms with Crippen LogP contribution in [0.3, 0.4) is 0 Å². The fourth-order valence-electron chi connectivity index (χ4n) is 2.06. The van der Waals surface area contributed by atoms with Gasteiger partial charge in [0.2, 0.25) is 0 Å². The van der Waals surface area contributed by atoms with Gasteiger partial charge in [-0.05, 0) is 47.4 Å². The Morgan fingerprint density at radius 2 is 2.00 bits per heavy atom. The molecule has 1 nitrogen and oxygen atoms in total. The number of aliphatic hydroxyl groups is 1. The highest BCUT2D eigenvalue weighted by molar-refractivity contribution is 7.07. The minimum atomic E-state index is -0.785. The van der Waals surface area contributed by atoms with Gasteiger partial charge in [-0.15, -0.1) is 0 Å². The summed E-state index contributed by atoms with van der Waals surface area (Å²) in [5.41, 5.74) is 2.56. The molecule has 0 bridgehead atoms. The smallest absolute Gasteiger partial charge is 0.0911 e. The van der Waals surface area contributed by atoms with Crippen LogP contribution in [0.5, 0.6) is 0 Å². The zero-order valence-corrected chi connectivity index (χ0v) is 10.4. The van der Waals surface area contributed by atoms with Crippen molar-refractivity contribution in [3.05, 3.63) is 57.8 Å². The largest absolute Gasteiger partial charge is 0.385 e. The Bertz CT molecular complexity index is 457. The van der Waals surface area contributed by atoms with Gasteiger partial charge in [0.25, 0.3) is 0 Å². The third-order valence-corrected chi connectivity index (χ3v) is 3.59. The van der Waals surface area contributed by atoms with Gasteiger partial charge < -0.3 is 5.11 Å². The highest BCUT2D eigenvalue weighted by atomic mass is 32.1. The molecule has 0 aliphatic rings. The molecule has 1 unspecified atom stereocenters. The summed E-state index contributed by atoms with van der Waals surface area (Å²) in [6.07, 6.45) is 0.668. The van der Waals surface area contributed by atoms with Gasteiger partial charge in [0, 0.05) is 6.42 Å². The molecule has 0 saturated carbocycles. The van der Waals surface area contributed by atoms with Gasteiger partial charge in [0.15, 0.2) is 0 Å². The third-order valence-electron chi connectivity index (χ3n) is 2.85. The van der Waals surface area contributed by atoms with Gasteiger partial charge in [-0.2, -0.15) is 11.3 Å². The molecule has 2 heteroatoms. The van der Waals surface area contributed by atoms with E-state index in [0.717, 1.165) is 11.1 Å². The van der Waals surface area contributed by atoms with Crippen LogP contribution in [0.4, 0.5) is 0 Å². The van der Waals surface area contributed by atoms with Crippen molar-refractivity contribution in [2.45, 2.75) is 25.9 Å². The molecule has 1 atom stereocenters. The summed E-state index contributed by atoms with van der Waals surface area (Å²) in [6.45, 7) is 3.92. The summed E-state index contributed by atoms with van der Waals surface area (Å²) >= 11 is 1.67. The summed E-state index contributed by atoms with van der Waals surface area (Å²) < 4.78 is 0. The maximum atomic E-state index is 10.5. The van der Waals surface area contributed by atoms with Crippen LogP contribution in [0, 0.1) is 6.92 Å². The summed E-state index contributed by atoms with van der Waals surface area (Å²) in [6, 6.07) is 10.1. The Morgan fingerprint density at radius 3 is 2.62 bits per heavy atom. The first-order valence-electron chi connectivity index (χ1n) is 5.39. The van der Waals surface area contributed by atoms with E-state index in [1.807, 2.05) is 43.5 Å². The summed E-state index contributed by atoms with van der Waals surface area (Å²) in [5, 5.41) is 14.7. The zero-order valence-electron chi connectivity index (χ0n) is 9.60. The van der Waals surface area contributed by atoms with E-state index in [2.05, 4.69) is 11.4 Å². The SMILES string of the molecule is Cc1ccccc1C(C)(O)Cc1ccsc1. The summed E-state index contributed by atoms with van der Waals surface area (Å²) in [5.74, 6) is 0. The lowest BCUT2D eigenvalue weighted by molar-refractivity contribution is 0.0571. The van der Waals surface area contributed by atoms with E-state index in [-0.39, 0.29) is 0 Å². The summed E-state index contributed by atoms with van der Waals surface area (Å²) in [7, 11) is 0. The molecule has 0 radical (unpaired) electrons. The van der Waals surface area contributed by atoms with E-state index in [1.54, 1.807) is 11.3 Å². The molecule has 1 aromatic heterocycles. The third kappa shape index (κ3) is 2.34. The van der Waals surface area contributed by atoms with Crippen molar-refractivity contribution in [2.75, 3.05) is 0 Å². The average Bonchev–Trinajstić information content (AvgIpc) is 2.70. The predicted molar refractivity (Wildman–Crippen MR) is 68.8 cm³/mol. The molecule has 1 aromatic carbocycles. The molecule has 0 amide bonds. The first-order valence-corrected chi connectivity index (χ1v) is 6.33. The van der Waals surface area contributed by atoms with E-state index in [1.165, 1.54) is 5.56 Å². The standard InChI is InChI=1S/C14H16OS/c1-11-5-3-4-6-13(11)14(2,15)9-12-7-8-16-10-12/h3-8,10,15H,9H2,1-2H3. The molecule has 0 aliphatic heterocycles. The quantitative estimate of drug-likeness (QED) is 0.858. The maximum absolute atomic E-state index is 10.5. The molecule has 1 heterocycles. The van der Waals surface area contributed by atoms with Gasteiger partial charge in [-0.1, -0.05) is 24.3 Å². The molecule has 84 valence electrons. The number of aryl methyl sites for hydroxylation is 1.